The van der Waals surface area contributed by atoms with Gasteiger partial charge in [-0.1, -0.05) is 18.2 Å². The minimum Gasteiger partial charge on any atom is -0.394 e. The number of carbonyl (C=O) groups is 1. The Kier molecular flexibility index (Phi) is 6.92. The van der Waals surface area contributed by atoms with Crippen LogP contribution in [0.4, 0.5) is 18.9 Å². The van der Waals surface area contributed by atoms with Gasteiger partial charge in [0.05, 0.1) is 34.5 Å². The lowest BCUT2D eigenvalue weighted by atomic mass is 10.1. The molecular weight excluding hydrogens is 547 g/mol. The number of aliphatic hydroxyl groups excluding tert-OH is 1. The van der Waals surface area contributed by atoms with Gasteiger partial charge in [-0.3, -0.25) is 4.79 Å². The molecule has 4 aromatic rings. The number of rotatable bonds is 8. The molecule has 0 aliphatic heterocycles. The number of fused-ring (bicyclic) bond motifs is 1. The number of hydrogen-bond donors (Lipinski definition) is 3. The van der Waals surface area contributed by atoms with E-state index in [0.29, 0.717) is 11.3 Å². The van der Waals surface area contributed by atoms with Crippen LogP contribution in [-0.2, 0) is 16.2 Å². The molecule has 3 N–H and O–H groups in total. The predicted octanol–water partition coefficient (Wildman–Crippen LogP) is 4.59. The average molecular weight is 574 g/mol. The third kappa shape index (κ3) is 5.71. The number of halogens is 3. The molecule has 2 heterocycles. The van der Waals surface area contributed by atoms with E-state index in [-0.39, 0.29) is 27.7 Å². The number of nitrogens with zero attached hydrogens (tertiary/aromatic N) is 3. The summed E-state index contributed by atoms with van der Waals surface area (Å²) in [6, 6.07) is 12.1. The monoisotopic (exact) mass is 573 g/mol. The highest BCUT2D eigenvalue weighted by molar-refractivity contribution is 7.89. The van der Waals surface area contributed by atoms with Gasteiger partial charge in [0.15, 0.2) is 5.65 Å². The number of benzene rings is 2. The molecule has 1 fully saturated rings. The van der Waals surface area contributed by atoms with Crippen molar-refractivity contribution in [3.8, 4) is 11.3 Å². The van der Waals surface area contributed by atoms with Crippen molar-refractivity contribution in [3.63, 3.8) is 0 Å². The summed E-state index contributed by atoms with van der Waals surface area (Å²) < 4.78 is 68.7. The molecule has 1 amide bonds. The lowest BCUT2D eigenvalue weighted by Crippen LogP contribution is -2.46. The first-order valence-corrected chi connectivity index (χ1v) is 13.9. The molecule has 0 atom stereocenters. The quantitative estimate of drug-likeness (QED) is 0.283. The van der Waals surface area contributed by atoms with Gasteiger partial charge in [-0.25, -0.2) is 22.6 Å². The molecule has 40 heavy (non-hydrogen) atoms. The number of aromatic nitrogens is 3. The van der Waals surface area contributed by atoms with Crippen molar-refractivity contribution in [2.75, 3.05) is 11.9 Å². The van der Waals surface area contributed by atoms with Crippen LogP contribution in [0.15, 0.2) is 65.7 Å². The Bertz CT molecular complexity index is 1700. The summed E-state index contributed by atoms with van der Waals surface area (Å²) in [6.45, 7) is 2.65. The second-order valence-electron chi connectivity index (χ2n) is 10.3. The molecule has 2 aromatic carbocycles. The summed E-state index contributed by atoms with van der Waals surface area (Å²) in [4.78, 5) is 17.8. The Balaban J connectivity index is 1.47. The van der Waals surface area contributed by atoms with Crippen LogP contribution in [0.5, 0.6) is 0 Å². The summed E-state index contributed by atoms with van der Waals surface area (Å²) in [6.07, 6.45) is -1.29. The minimum absolute atomic E-state index is 0.106. The molecule has 13 heteroatoms. The highest BCUT2D eigenvalue weighted by Gasteiger charge is 2.31. The van der Waals surface area contributed by atoms with E-state index in [2.05, 4.69) is 20.1 Å². The van der Waals surface area contributed by atoms with Gasteiger partial charge in [0.1, 0.15) is 5.56 Å². The zero-order chi connectivity index (χ0) is 28.9. The van der Waals surface area contributed by atoms with Crippen LogP contribution in [0, 0.1) is 0 Å². The van der Waals surface area contributed by atoms with E-state index in [9.17, 15) is 31.5 Å². The van der Waals surface area contributed by atoms with Gasteiger partial charge in [0.2, 0.25) is 10.0 Å². The van der Waals surface area contributed by atoms with Crippen molar-refractivity contribution in [1.82, 2.24) is 19.3 Å². The average Bonchev–Trinajstić information content (AvgIpc) is 3.65. The molecule has 0 radical (unpaired) electrons. The number of hydrogen-bond acceptors (Lipinski definition) is 6. The Labute approximate surface area is 228 Å². The number of sulfonamides is 1. The molecule has 1 aliphatic carbocycles. The van der Waals surface area contributed by atoms with Crippen LogP contribution >= 0.6 is 0 Å². The zero-order valence-corrected chi connectivity index (χ0v) is 22.3. The summed E-state index contributed by atoms with van der Waals surface area (Å²) >= 11 is 0. The second kappa shape index (κ2) is 9.98. The van der Waals surface area contributed by atoms with Crippen LogP contribution in [0.1, 0.15) is 54.2 Å². The van der Waals surface area contributed by atoms with E-state index in [1.165, 1.54) is 56.4 Å². The largest absolute Gasteiger partial charge is 0.416 e. The summed E-state index contributed by atoms with van der Waals surface area (Å²) in [5, 5.41) is 16.4. The smallest absolute Gasteiger partial charge is 0.394 e. The van der Waals surface area contributed by atoms with Crippen molar-refractivity contribution in [2.24, 2.45) is 0 Å². The molecule has 0 spiro atoms. The van der Waals surface area contributed by atoms with Crippen molar-refractivity contribution >= 4 is 27.3 Å². The van der Waals surface area contributed by atoms with Crippen molar-refractivity contribution in [3.05, 3.63) is 77.6 Å². The first-order chi connectivity index (χ1) is 18.8. The molecule has 0 bridgehead atoms. The number of amides is 1. The van der Waals surface area contributed by atoms with Crippen molar-refractivity contribution in [1.29, 1.82) is 0 Å². The van der Waals surface area contributed by atoms with Gasteiger partial charge in [0, 0.05) is 22.9 Å². The Morgan fingerprint density at radius 3 is 2.42 bits per heavy atom. The van der Waals surface area contributed by atoms with E-state index >= 15 is 0 Å². The highest BCUT2D eigenvalue weighted by atomic mass is 32.2. The normalized spacial score (nSPS) is 14.4. The van der Waals surface area contributed by atoms with Crippen LogP contribution in [0.2, 0.25) is 0 Å². The molecule has 1 saturated carbocycles. The number of aliphatic hydroxyl groups is 1. The maximum absolute atomic E-state index is 13.3. The van der Waals surface area contributed by atoms with Gasteiger partial charge in [-0.2, -0.15) is 18.3 Å². The molecule has 2 aromatic heterocycles. The molecule has 0 saturated heterocycles. The molecule has 1 aliphatic rings. The highest BCUT2D eigenvalue weighted by Crippen LogP contribution is 2.41. The number of alkyl halides is 3. The summed E-state index contributed by atoms with van der Waals surface area (Å²) in [7, 11) is -3.99. The third-order valence-electron chi connectivity index (χ3n) is 6.46. The molecule has 5 rings (SSSR count). The lowest BCUT2D eigenvalue weighted by molar-refractivity contribution is -0.137. The summed E-state index contributed by atoms with van der Waals surface area (Å²) in [5.41, 5.74) is 0.341. The Morgan fingerprint density at radius 1 is 1.10 bits per heavy atom. The standard InChI is InChI=1S/C27H26F3N5O4S/c1-26(2,15-36)34-40(38,39)20-5-3-4-19(12-20)32-25(37)21-14-31-35-23(17-6-7-17)13-22(33-24(21)35)16-8-10-18(11-9-16)27(28,29)30/h3-5,8-14,17,34,36H,6-7,15H2,1-2H3,(H,32,37). The third-order valence-corrected chi connectivity index (χ3v) is 8.15. The van der Waals surface area contributed by atoms with Gasteiger partial charge < -0.3 is 10.4 Å². The maximum Gasteiger partial charge on any atom is 0.416 e. The fourth-order valence-electron chi connectivity index (χ4n) is 4.19. The SMILES string of the molecule is CC(C)(CO)NS(=O)(=O)c1cccc(NC(=O)c2cnn3c(C4CC4)cc(-c4ccc(C(F)(F)F)cc4)nc23)c1. The van der Waals surface area contributed by atoms with E-state index in [4.69, 9.17) is 0 Å². The van der Waals surface area contributed by atoms with E-state index < -0.39 is 39.8 Å². The van der Waals surface area contributed by atoms with Crippen LogP contribution < -0.4 is 10.0 Å². The van der Waals surface area contributed by atoms with Gasteiger partial charge in [-0.15, -0.1) is 0 Å². The Hall–Kier alpha value is -3.81. The topological polar surface area (TPSA) is 126 Å². The molecule has 9 nitrogen and oxygen atoms in total. The minimum atomic E-state index is -4.46. The zero-order valence-electron chi connectivity index (χ0n) is 21.5. The number of carbonyl (C=O) groups excluding carboxylic acids is 1. The molecule has 210 valence electrons. The van der Waals surface area contributed by atoms with Crippen LogP contribution in [0.3, 0.4) is 0 Å². The van der Waals surface area contributed by atoms with Gasteiger partial charge in [0.25, 0.3) is 5.91 Å². The summed E-state index contributed by atoms with van der Waals surface area (Å²) in [5.74, 6) is -0.404. The van der Waals surface area contributed by atoms with E-state index in [1.807, 2.05) is 0 Å². The van der Waals surface area contributed by atoms with Crippen LogP contribution in [0.25, 0.3) is 16.9 Å². The molecule has 0 unspecified atom stereocenters. The first-order valence-electron chi connectivity index (χ1n) is 12.4. The van der Waals surface area contributed by atoms with Gasteiger partial charge >= 0.3 is 6.18 Å². The van der Waals surface area contributed by atoms with E-state index in [0.717, 1.165) is 30.7 Å². The number of nitrogens with one attached hydrogen (secondary N) is 2. The first kappa shape index (κ1) is 27.7. The van der Waals surface area contributed by atoms with Crippen molar-refractivity contribution < 1.29 is 31.5 Å². The second-order valence-corrected chi connectivity index (χ2v) is 12.0. The fraction of sp³-hybridized carbons (Fsp3) is 0.296. The number of anilines is 1. The Morgan fingerprint density at radius 2 is 1.80 bits per heavy atom. The maximum atomic E-state index is 13.3. The van der Waals surface area contributed by atoms with Crippen molar-refractivity contribution in [2.45, 2.75) is 49.2 Å². The van der Waals surface area contributed by atoms with Crippen LogP contribution in [-0.4, -0.2) is 46.2 Å². The molecular formula is C27H26F3N5O4S. The predicted molar refractivity (Wildman–Crippen MR) is 141 cm³/mol. The van der Waals surface area contributed by atoms with E-state index in [1.54, 1.807) is 10.6 Å². The fourth-order valence-corrected chi connectivity index (χ4v) is 5.64. The lowest BCUT2D eigenvalue weighted by Gasteiger charge is -2.23. The van der Waals surface area contributed by atoms with Gasteiger partial charge in [-0.05, 0) is 63.1 Å².